The third-order valence-corrected chi connectivity index (χ3v) is 3.54. The molecule has 0 unspecified atom stereocenters. The Morgan fingerprint density at radius 3 is 3.00 bits per heavy atom. The summed E-state index contributed by atoms with van der Waals surface area (Å²) in [5, 5.41) is 0. The SMILES string of the molecule is CCCCc1c(Br)ccc2c1C=CC2. The van der Waals surface area contributed by atoms with Crippen molar-refractivity contribution < 1.29 is 0 Å². The van der Waals surface area contributed by atoms with Crippen molar-refractivity contribution in [3.63, 3.8) is 0 Å². The molecule has 0 fully saturated rings. The lowest BCUT2D eigenvalue weighted by atomic mass is 9.99. The Morgan fingerprint density at radius 1 is 1.36 bits per heavy atom. The predicted molar refractivity (Wildman–Crippen MR) is 65.5 cm³/mol. The molecule has 1 aliphatic rings. The first kappa shape index (κ1) is 9.97. The van der Waals surface area contributed by atoms with Gasteiger partial charge in [-0.2, -0.15) is 0 Å². The fraction of sp³-hybridized carbons (Fsp3) is 0.385. The van der Waals surface area contributed by atoms with Gasteiger partial charge in [0.05, 0.1) is 0 Å². The molecule has 74 valence electrons. The highest BCUT2D eigenvalue weighted by Gasteiger charge is 2.11. The van der Waals surface area contributed by atoms with Crippen molar-refractivity contribution in [1.82, 2.24) is 0 Å². The lowest BCUT2D eigenvalue weighted by Gasteiger charge is -2.09. The maximum Gasteiger partial charge on any atom is 0.0213 e. The van der Waals surface area contributed by atoms with E-state index in [4.69, 9.17) is 0 Å². The van der Waals surface area contributed by atoms with E-state index >= 15 is 0 Å². The molecule has 0 amide bonds. The zero-order valence-corrected chi connectivity index (χ0v) is 10.1. The van der Waals surface area contributed by atoms with Gasteiger partial charge in [0.15, 0.2) is 0 Å². The Hall–Kier alpha value is -0.560. The van der Waals surface area contributed by atoms with Gasteiger partial charge in [0.2, 0.25) is 0 Å². The van der Waals surface area contributed by atoms with Crippen molar-refractivity contribution in [2.75, 3.05) is 0 Å². The normalized spacial score (nSPS) is 13.3. The quantitative estimate of drug-likeness (QED) is 0.748. The van der Waals surface area contributed by atoms with E-state index in [1.54, 1.807) is 0 Å². The minimum atomic E-state index is 1.11. The minimum absolute atomic E-state index is 1.11. The summed E-state index contributed by atoms with van der Waals surface area (Å²) in [5.74, 6) is 0. The molecule has 0 aromatic heterocycles. The number of hydrogen-bond acceptors (Lipinski definition) is 0. The summed E-state index contributed by atoms with van der Waals surface area (Å²) in [5.41, 5.74) is 4.45. The van der Waals surface area contributed by atoms with Gasteiger partial charge in [0.25, 0.3) is 0 Å². The molecule has 1 aliphatic carbocycles. The van der Waals surface area contributed by atoms with Crippen LogP contribution in [0.4, 0.5) is 0 Å². The largest absolute Gasteiger partial charge is 0.0795 e. The van der Waals surface area contributed by atoms with E-state index in [9.17, 15) is 0 Å². The lowest BCUT2D eigenvalue weighted by molar-refractivity contribution is 0.791. The summed E-state index contributed by atoms with van der Waals surface area (Å²) >= 11 is 3.65. The van der Waals surface area contributed by atoms with Gasteiger partial charge >= 0.3 is 0 Å². The van der Waals surface area contributed by atoms with Crippen LogP contribution < -0.4 is 0 Å². The van der Waals surface area contributed by atoms with E-state index in [-0.39, 0.29) is 0 Å². The van der Waals surface area contributed by atoms with Crippen LogP contribution in [0, 0.1) is 0 Å². The third kappa shape index (κ3) is 1.78. The third-order valence-electron chi connectivity index (χ3n) is 2.79. The Bertz CT molecular complexity index is 364. The Morgan fingerprint density at radius 2 is 2.21 bits per heavy atom. The van der Waals surface area contributed by atoms with Crippen molar-refractivity contribution >= 4 is 22.0 Å². The molecule has 0 aliphatic heterocycles. The second kappa shape index (κ2) is 4.31. The molecule has 0 saturated heterocycles. The van der Waals surface area contributed by atoms with Gasteiger partial charge in [-0.25, -0.2) is 0 Å². The number of benzene rings is 1. The molecule has 0 radical (unpaired) electrons. The van der Waals surface area contributed by atoms with E-state index < -0.39 is 0 Å². The zero-order valence-electron chi connectivity index (χ0n) is 8.52. The molecule has 14 heavy (non-hydrogen) atoms. The van der Waals surface area contributed by atoms with Gasteiger partial charge in [-0.15, -0.1) is 0 Å². The monoisotopic (exact) mass is 250 g/mol. The molecule has 1 heteroatoms. The predicted octanol–water partition coefficient (Wildman–Crippen LogP) is 4.36. The average Bonchev–Trinajstić information content (AvgIpc) is 2.64. The molecule has 2 rings (SSSR count). The van der Waals surface area contributed by atoms with Crippen LogP contribution in [0.5, 0.6) is 0 Å². The highest BCUT2D eigenvalue weighted by molar-refractivity contribution is 9.10. The summed E-state index contributed by atoms with van der Waals surface area (Å²) in [4.78, 5) is 0. The van der Waals surface area contributed by atoms with Gasteiger partial charge in [0.1, 0.15) is 0 Å². The summed E-state index contributed by atoms with van der Waals surface area (Å²) in [6, 6.07) is 4.42. The van der Waals surface area contributed by atoms with Crippen molar-refractivity contribution in [2.24, 2.45) is 0 Å². The standard InChI is InChI=1S/C13H15Br/c1-2-3-6-12-11-7-4-5-10(11)8-9-13(12)14/h4,7-9H,2-3,5-6H2,1H3. The van der Waals surface area contributed by atoms with Crippen LogP contribution in [0.15, 0.2) is 22.7 Å². The maximum absolute atomic E-state index is 3.65. The zero-order chi connectivity index (χ0) is 9.97. The highest BCUT2D eigenvalue weighted by atomic mass is 79.9. The molecular weight excluding hydrogens is 236 g/mol. The maximum atomic E-state index is 3.65. The summed E-state index contributed by atoms with van der Waals surface area (Å²) in [7, 11) is 0. The van der Waals surface area contributed by atoms with E-state index in [1.807, 2.05) is 0 Å². The molecule has 1 aromatic rings. The van der Waals surface area contributed by atoms with Crippen LogP contribution in [0.1, 0.15) is 36.5 Å². The fourth-order valence-corrected chi connectivity index (χ4v) is 2.53. The molecule has 0 nitrogen and oxygen atoms in total. The first-order chi connectivity index (χ1) is 6.83. The Labute approximate surface area is 94.2 Å². The molecule has 1 aromatic carbocycles. The van der Waals surface area contributed by atoms with Crippen LogP contribution in [0.25, 0.3) is 6.08 Å². The van der Waals surface area contributed by atoms with E-state index in [0.29, 0.717) is 0 Å². The van der Waals surface area contributed by atoms with Crippen LogP contribution in [-0.4, -0.2) is 0 Å². The molecular formula is C13H15Br. The first-order valence-corrected chi connectivity index (χ1v) is 6.09. The molecule has 0 atom stereocenters. The molecule has 0 heterocycles. The average molecular weight is 251 g/mol. The molecule has 0 saturated carbocycles. The lowest BCUT2D eigenvalue weighted by Crippen LogP contribution is -1.93. The number of rotatable bonds is 3. The summed E-state index contributed by atoms with van der Waals surface area (Å²) in [6.45, 7) is 2.24. The van der Waals surface area contributed by atoms with Crippen molar-refractivity contribution in [3.8, 4) is 0 Å². The van der Waals surface area contributed by atoms with E-state index in [2.05, 4.69) is 47.1 Å². The molecule has 0 bridgehead atoms. The fourth-order valence-electron chi connectivity index (χ4n) is 1.98. The number of unbranched alkanes of at least 4 members (excludes halogenated alkanes) is 1. The van der Waals surface area contributed by atoms with Crippen LogP contribution >= 0.6 is 15.9 Å². The Balaban J connectivity index is 2.36. The van der Waals surface area contributed by atoms with Gasteiger partial charge in [-0.05, 0) is 42.0 Å². The number of allylic oxidation sites excluding steroid dienone is 1. The second-order valence-electron chi connectivity index (χ2n) is 3.81. The highest BCUT2D eigenvalue weighted by Crippen LogP contribution is 2.30. The van der Waals surface area contributed by atoms with Gasteiger partial charge in [-0.1, -0.05) is 47.5 Å². The van der Waals surface area contributed by atoms with Gasteiger partial charge in [-0.3, -0.25) is 0 Å². The molecule has 0 spiro atoms. The van der Waals surface area contributed by atoms with E-state index in [1.165, 1.54) is 40.4 Å². The topological polar surface area (TPSA) is 0 Å². The van der Waals surface area contributed by atoms with Crippen LogP contribution in [0.3, 0.4) is 0 Å². The summed E-state index contributed by atoms with van der Waals surface area (Å²) < 4.78 is 1.27. The second-order valence-corrected chi connectivity index (χ2v) is 4.66. The van der Waals surface area contributed by atoms with Crippen LogP contribution in [0.2, 0.25) is 0 Å². The van der Waals surface area contributed by atoms with Crippen LogP contribution in [-0.2, 0) is 12.8 Å². The van der Waals surface area contributed by atoms with Gasteiger partial charge in [0, 0.05) is 4.47 Å². The molecule has 0 N–H and O–H groups in total. The number of halogens is 1. The minimum Gasteiger partial charge on any atom is -0.0795 e. The van der Waals surface area contributed by atoms with Crippen molar-refractivity contribution in [2.45, 2.75) is 32.6 Å². The first-order valence-electron chi connectivity index (χ1n) is 5.29. The van der Waals surface area contributed by atoms with Gasteiger partial charge < -0.3 is 0 Å². The van der Waals surface area contributed by atoms with Crippen molar-refractivity contribution in [3.05, 3.63) is 39.4 Å². The summed E-state index contributed by atoms with van der Waals surface area (Å²) in [6.07, 6.45) is 9.38. The van der Waals surface area contributed by atoms with Crippen molar-refractivity contribution in [1.29, 1.82) is 0 Å². The number of hydrogen-bond donors (Lipinski definition) is 0. The Kier molecular flexibility index (Phi) is 3.07. The number of fused-ring (bicyclic) bond motifs is 1. The van der Waals surface area contributed by atoms with E-state index in [0.717, 1.165) is 6.42 Å². The smallest absolute Gasteiger partial charge is 0.0213 e.